The summed E-state index contributed by atoms with van der Waals surface area (Å²) in [6.45, 7) is 0. The molecule has 1 amide bonds. The SMILES string of the molecule is O=C(Nc1cncc(-c2cc3c(-c4nc5nccc(-c6ccc(F)cc6)c5[nH]4)n[nH]c3cn2)c1)C1CCCCC1. The molecule has 5 heterocycles. The van der Waals surface area contributed by atoms with Gasteiger partial charge in [0.2, 0.25) is 5.91 Å². The van der Waals surface area contributed by atoms with Gasteiger partial charge in [0.05, 0.1) is 34.8 Å². The maximum atomic E-state index is 13.5. The molecule has 1 fully saturated rings. The van der Waals surface area contributed by atoms with Gasteiger partial charge in [0.1, 0.15) is 11.5 Å². The van der Waals surface area contributed by atoms with Crippen LogP contribution in [0.25, 0.3) is 56.0 Å². The second-order valence-corrected chi connectivity index (χ2v) is 10.1. The number of aromatic amines is 2. The van der Waals surface area contributed by atoms with Gasteiger partial charge in [-0.3, -0.25) is 19.9 Å². The monoisotopic (exact) mass is 532 g/mol. The number of halogens is 1. The highest BCUT2D eigenvalue weighted by atomic mass is 19.1. The van der Waals surface area contributed by atoms with E-state index in [0.717, 1.165) is 58.8 Å². The number of imidazole rings is 1. The first kappa shape index (κ1) is 24.1. The van der Waals surface area contributed by atoms with Crippen molar-refractivity contribution in [3.8, 4) is 33.9 Å². The molecule has 5 aromatic heterocycles. The number of hydrogen-bond donors (Lipinski definition) is 3. The fourth-order valence-electron chi connectivity index (χ4n) is 5.41. The summed E-state index contributed by atoms with van der Waals surface area (Å²) in [6.07, 6.45) is 12.1. The number of carbonyl (C=O) groups is 1. The molecule has 1 aliphatic carbocycles. The number of nitrogens with one attached hydrogen (secondary N) is 3. The number of fused-ring (bicyclic) bond motifs is 2. The lowest BCUT2D eigenvalue weighted by atomic mass is 9.88. The summed E-state index contributed by atoms with van der Waals surface area (Å²) in [7, 11) is 0. The van der Waals surface area contributed by atoms with E-state index in [1.165, 1.54) is 18.6 Å². The van der Waals surface area contributed by atoms with Crippen LogP contribution in [0.1, 0.15) is 32.1 Å². The minimum Gasteiger partial charge on any atom is -0.335 e. The van der Waals surface area contributed by atoms with Crippen LogP contribution in [0.2, 0.25) is 0 Å². The second-order valence-electron chi connectivity index (χ2n) is 10.1. The highest BCUT2D eigenvalue weighted by molar-refractivity contribution is 5.97. The van der Waals surface area contributed by atoms with Crippen LogP contribution in [0.5, 0.6) is 0 Å². The van der Waals surface area contributed by atoms with Crippen molar-refractivity contribution < 1.29 is 9.18 Å². The summed E-state index contributed by atoms with van der Waals surface area (Å²) in [4.78, 5) is 34.2. The fraction of sp³-hybridized carbons (Fsp3) is 0.200. The zero-order chi connectivity index (χ0) is 27.1. The Morgan fingerprint density at radius 1 is 0.950 bits per heavy atom. The van der Waals surface area contributed by atoms with Gasteiger partial charge >= 0.3 is 0 Å². The van der Waals surface area contributed by atoms with Gasteiger partial charge in [0.15, 0.2) is 11.5 Å². The highest BCUT2D eigenvalue weighted by Crippen LogP contribution is 2.32. The molecular formula is C30H25FN8O. The average molecular weight is 533 g/mol. The molecule has 0 saturated heterocycles. The summed E-state index contributed by atoms with van der Waals surface area (Å²) in [6, 6.07) is 12.0. The molecule has 1 aromatic carbocycles. The zero-order valence-electron chi connectivity index (χ0n) is 21.5. The Hall–Kier alpha value is -4.99. The Kier molecular flexibility index (Phi) is 5.99. The molecule has 1 saturated carbocycles. The third-order valence-corrected chi connectivity index (χ3v) is 7.50. The predicted molar refractivity (Wildman–Crippen MR) is 151 cm³/mol. The van der Waals surface area contributed by atoms with E-state index in [4.69, 9.17) is 4.98 Å². The number of anilines is 1. The third kappa shape index (κ3) is 4.47. The largest absolute Gasteiger partial charge is 0.335 e. The molecule has 6 aromatic rings. The number of nitrogens with zero attached hydrogens (tertiary/aromatic N) is 5. The number of rotatable bonds is 5. The molecule has 198 valence electrons. The molecule has 1 aliphatic rings. The van der Waals surface area contributed by atoms with Gasteiger partial charge in [-0.15, -0.1) is 0 Å². The van der Waals surface area contributed by atoms with Crippen molar-refractivity contribution in [1.29, 1.82) is 0 Å². The molecule has 40 heavy (non-hydrogen) atoms. The van der Waals surface area contributed by atoms with Crippen LogP contribution in [0.3, 0.4) is 0 Å². The Labute approximate surface area is 228 Å². The predicted octanol–water partition coefficient (Wildman–Crippen LogP) is 6.28. The topological polar surface area (TPSA) is 125 Å². The van der Waals surface area contributed by atoms with E-state index in [-0.39, 0.29) is 17.6 Å². The lowest BCUT2D eigenvalue weighted by Crippen LogP contribution is -2.24. The fourth-order valence-corrected chi connectivity index (χ4v) is 5.41. The van der Waals surface area contributed by atoms with Gasteiger partial charge in [-0.1, -0.05) is 31.4 Å². The molecule has 7 rings (SSSR count). The number of amides is 1. The number of aromatic nitrogens is 7. The average Bonchev–Trinajstić information content (AvgIpc) is 3.62. The standard InChI is InChI=1S/C30H25FN8O/c31-20-8-6-17(7-9-20)22-10-11-33-28-26(22)36-29(37-28)27-23-13-24(34-16-25(23)38-39-27)19-12-21(15-32-14-19)35-30(40)18-4-2-1-3-5-18/h6-16,18H,1-5H2,(H,35,40)(H,38,39)(H,33,36,37). The van der Waals surface area contributed by atoms with Crippen LogP contribution < -0.4 is 5.32 Å². The summed E-state index contributed by atoms with van der Waals surface area (Å²) in [5.41, 5.74) is 6.48. The van der Waals surface area contributed by atoms with E-state index >= 15 is 0 Å². The van der Waals surface area contributed by atoms with E-state index in [0.29, 0.717) is 28.5 Å². The van der Waals surface area contributed by atoms with Gasteiger partial charge in [0.25, 0.3) is 0 Å². The van der Waals surface area contributed by atoms with Gasteiger partial charge in [-0.05, 0) is 48.7 Å². The molecule has 0 atom stereocenters. The minimum absolute atomic E-state index is 0.0534. The number of hydrogen-bond acceptors (Lipinski definition) is 6. The number of H-pyrrole nitrogens is 2. The molecule has 0 radical (unpaired) electrons. The van der Waals surface area contributed by atoms with Gasteiger partial charge in [-0.2, -0.15) is 5.10 Å². The van der Waals surface area contributed by atoms with Crippen LogP contribution in [-0.4, -0.2) is 41.0 Å². The first-order chi connectivity index (χ1) is 19.6. The van der Waals surface area contributed by atoms with Crippen LogP contribution in [0, 0.1) is 11.7 Å². The first-order valence-corrected chi connectivity index (χ1v) is 13.3. The van der Waals surface area contributed by atoms with Crippen LogP contribution in [0.4, 0.5) is 10.1 Å². The van der Waals surface area contributed by atoms with Crippen molar-refractivity contribution in [2.24, 2.45) is 5.92 Å². The Bertz CT molecular complexity index is 1850. The molecule has 9 nitrogen and oxygen atoms in total. The number of benzene rings is 1. The molecule has 3 N–H and O–H groups in total. The second kappa shape index (κ2) is 9.96. The van der Waals surface area contributed by atoms with E-state index in [2.05, 4.69) is 35.5 Å². The van der Waals surface area contributed by atoms with E-state index in [1.54, 1.807) is 36.9 Å². The third-order valence-electron chi connectivity index (χ3n) is 7.50. The lowest BCUT2D eigenvalue weighted by molar-refractivity contribution is -0.120. The summed E-state index contributed by atoms with van der Waals surface area (Å²) in [5, 5.41) is 11.4. The van der Waals surface area contributed by atoms with Crippen molar-refractivity contribution in [3.63, 3.8) is 0 Å². The first-order valence-electron chi connectivity index (χ1n) is 13.3. The van der Waals surface area contributed by atoms with E-state index < -0.39 is 0 Å². The van der Waals surface area contributed by atoms with Crippen molar-refractivity contribution in [1.82, 2.24) is 35.1 Å². The maximum absolute atomic E-state index is 13.5. The smallest absolute Gasteiger partial charge is 0.227 e. The van der Waals surface area contributed by atoms with Gasteiger partial charge < -0.3 is 10.3 Å². The van der Waals surface area contributed by atoms with Crippen molar-refractivity contribution in [2.45, 2.75) is 32.1 Å². The molecule has 0 bridgehead atoms. The van der Waals surface area contributed by atoms with Gasteiger partial charge in [0, 0.05) is 34.8 Å². The zero-order valence-corrected chi connectivity index (χ0v) is 21.5. The molecular weight excluding hydrogens is 507 g/mol. The van der Waals surface area contributed by atoms with Gasteiger partial charge in [-0.25, -0.2) is 14.4 Å². The van der Waals surface area contributed by atoms with Crippen molar-refractivity contribution in [3.05, 3.63) is 73.1 Å². The number of carbonyl (C=O) groups excluding carboxylic acids is 1. The Morgan fingerprint density at radius 3 is 2.65 bits per heavy atom. The van der Waals surface area contributed by atoms with E-state index in [1.807, 2.05) is 18.2 Å². The Morgan fingerprint density at radius 2 is 1.80 bits per heavy atom. The van der Waals surface area contributed by atoms with Crippen LogP contribution in [-0.2, 0) is 4.79 Å². The molecule has 0 unspecified atom stereocenters. The Balaban J connectivity index is 1.22. The highest BCUT2D eigenvalue weighted by Gasteiger charge is 2.21. The molecule has 0 aliphatic heterocycles. The summed E-state index contributed by atoms with van der Waals surface area (Å²) < 4.78 is 13.5. The summed E-state index contributed by atoms with van der Waals surface area (Å²) in [5.74, 6) is 0.367. The molecule has 10 heteroatoms. The minimum atomic E-state index is -0.293. The summed E-state index contributed by atoms with van der Waals surface area (Å²) >= 11 is 0. The normalized spacial score (nSPS) is 14.1. The van der Waals surface area contributed by atoms with Crippen LogP contribution in [0.15, 0.2) is 67.3 Å². The van der Waals surface area contributed by atoms with Crippen molar-refractivity contribution >= 4 is 33.7 Å². The quantitative estimate of drug-likeness (QED) is 0.240. The van der Waals surface area contributed by atoms with E-state index in [9.17, 15) is 9.18 Å². The molecule has 0 spiro atoms. The lowest BCUT2D eigenvalue weighted by Gasteiger charge is -2.20. The van der Waals surface area contributed by atoms with Crippen molar-refractivity contribution in [2.75, 3.05) is 5.32 Å². The maximum Gasteiger partial charge on any atom is 0.227 e. The van der Waals surface area contributed by atoms with Crippen LogP contribution >= 0.6 is 0 Å². The number of pyridine rings is 3.